The highest BCUT2D eigenvalue weighted by molar-refractivity contribution is 5.90. The number of nitrogens with one attached hydrogen (secondary N) is 3. The molecule has 0 radical (unpaired) electrons. The Morgan fingerprint density at radius 1 is 1.22 bits per heavy atom. The molecule has 1 heterocycles. The summed E-state index contributed by atoms with van der Waals surface area (Å²) in [6.45, 7) is 9.38. The van der Waals surface area contributed by atoms with Crippen LogP contribution in [0.3, 0.4) is 0 Å². The first kappa shape index (κ1) is 22.7. The van der Waals surface area contributed by atoms with Crippen molar-refractivity contribution in [2.24, 2.45) is 11.8 Å². The highest BCUT2D eigenvalue weighted by Gasteiger charge is 2.33. The van der Waals surface area contributed by atoms with Crippen molar-refractivity contribution in [1.82, 2.24) is 16.0 Å². The smallest absolute Gasteiger partial charge is 0.408 e. The molecule has 9 nitrogen and oxygen atoms in total. The average molecular weight is 385 g/mol. The zero-order valence-corrected chi connectivity index (χ0v) is 16.6. The van der Waals surface area contributed by atoms with Crippen molar-refractivity contribution >= 4 is 23.9 Å². The molecule has 1 aliphatic heterocycles. The monoisotopic (exact) mass is 385 g/mol. The maximum absolute atomic E-state index is 12.6. The van der Waals surface area contributed by atoms with Crippen molar-refractivity contribution < 1.29 is 29.0 Å². The number of hydrogen-bond donors (Lipinski definition) is 4. The van der Waals surface area contributed by atoms with Crippen LogP contribution < -0.4 is 16.0 Å². The summed E-state index contributed by atoms with van der Waals surface area (Å²) < 4.78 is 5.17. The molecule has 154 valence electrons. The maximum atomic E-state index is 12.6. The van der Waals surface area contributed by atoms with Crippen LogP contribution in [0.5, 0.6) is 0 Å². The molecule has 1 rings (SSSR count). The first-order chi connectivity index (χ1) is 12.4. The second-order valence-electron chi connectivity index (χ2n) is 8.24. The minimum atomic E-state index is -1.22. The predicted octanol–water partition coefficient (Wildman–Crippen LogP) is 1.02. The molecule has 3 atom stereocenters. The Bertz CT molecular complexity index is 570. The standard InChI is InChI=1S/C18H31N3O6/c1-10(2)8-12(21-17(26)27-18(3,4)5)15(23)20-13(16(24)25)9-11-6-7-19-14(11)22/h10-13H,6-9H2,1-5H3,(H,19,22)(H,20,23)(H,21,26)(H,24,25). The molecule has 3 amide bonds. The fourth-order valence-electron chi connectivity index (χ4n) is 2.80. The van der Waals surface area contributed by atoms with E-state index in [1.54, 1.807) is 20.8 Å². The third-order valence-electron chi connectivity index (χ3n) is 4.01. The Hall–Kier alpha value is -2.32. The molecule has 0 aromatic heterocycles. The second kappa shape index (κ2) is 9.57. The quantitative estimate of drug-likeness (QED) is 0.493. The van der Waals surface area contributed by atoms with Gasteiger partial charge in [-0.1, -0.05) is 13.8 Å². The van der Waals surface area contributed by atoms with Crippen LogP contribution in [0.25, 0.3) is 0 Å². The largest absolute Gasteiger partial charge is 0.480 e. The number of rotatable bonds is 8. The number of carbonyl (C=O) groups excluding carboxylic acids is 3. The van der Waals surface area contributed by atoms with Crippen molar-refractivity contribution in [3.05, 3.63) is 0 Å². The van der Waals surface area contributed by atoms with Gasteiger partial charge in [0.15, 0.2) is 0 Å². The van der Waals surface area contributed by atoms with Gasteiger partial charge in [0.25, 0.3) is 0 Å². The number of carboxylic acids is 1. The molecule has 0 bridgehead atoms. The summed E-state index contributed by atoms with van der Waals surface area (Å²) in [5.74, 6) is -2.40. The van der Waals surface area contributed by atoms with Crippen LogP contribution in [0.2, 0.25) is 0 Å². The van der Waals surface area contributed by atoms with Crippen LogP contribution in [0.1, 0.15) is 53.9 Å². The summed E-state index contributed by atoms with van der Waals surface area (Å²) in [7, 11) is 0. The van der Waals surface area contributed by atoms with E-state index in [2.05, 4.69) is 16.0 Å². The zero-order chi connectivity index (χ0) is 20.8. The molecule has 0 saturated carbocycles. The third-order valence-corrected chi connectivity index (χ3v) is 4.01. The topological polar surface area (TPSA) is 134 Å². The number of amides is 3. The first-order valence-corrected chi connectivity index (χ1v) is 9.19. The van der Waals surface area contributed by atoms with Gasteiger partial charge in [0.05, 0.1) is 0 Å². The van der Waals surface area contributed by atoms with Gasteiger partial charge in [0.2, 0.25) is 11.8 Å². The Kier molecular flexibility index (Phi) is 8.05. The van der Waals surface area contributed by atoms with E-state index in [1.165, 1.54) is 0 Å². The minimum absolute atomic E-state index is 0.00768. The first-order valence-electron chi connectivity index (χ1n) is 9.19. The van der Waals surface area contributed by atoms with E-state index in [-0.39, 0.29) is 18.2 Å². The van der Waals surface area contributed by atoms with Gasteiger partial charge in [-0.2, -0.15) is 0 Å². The molecule has 1 fully saturated rings. The molecule has 9 heteroatoms. The van der Waals surface area contributed by atoms with Gasteiger partial charge in [-0.05, 0) is 46.0 Å². The van der Waals surface area contributed by atoms with Gasteiger partial charge in [-0.3, -0.25) is 9.59 Å². The van der Waals surface area contributed by atoms with Crippen LogP contribution in [-0.2, 0) is 19.1 Å². The second-order valence-corrected chi connectivity index (χ2v) is 8.24. The van der Waals surface area contributed by atoms with Crippen molar-refractivity contribution in [3.8, 4) is 0 Å². The molecule has 27 heavy (non-hydrogen) atoms. The summed E-state index contributed by atoms with van der Waals surface area (Å²) in [6, 6.07) is -2.14. The molecule has 0 aliphatic carbocycles. The van der Waals surface area contributed by atoms with Gasteiger partial charge in [0, 0.05) is 12.5 Å². The summed E-state index contributed by atoms with van der Waals surface area (Å²) in [5.41, 5.74) is -0.720. The lowest BCUT2D eigenvalue weighted by atomic mass is 9.97. The molecule has 1 saturated heterocycles. The van der Waals surface area contributed by atoms with E-state index in [0.29, 0.717) is 19.4 Å². The summed E-state index contributed by atoms with van der Waals surface area (Å²) in [6.07, 6.45) is 0.115. The molecule has 0 spiro atoms. The van der Waals surface area contributed by atoms with Crippen LogP contribution in [-0.4, -0.2) is 53.2 Å². The van der Waals surface area contributed by atoms with Crippen molar-refractivity contribution in [1.29, 1.82) is 0 Å². The van der Waals surface area contributed by atoms with Crippen molar-refractivity contribution in [2.75, 3.05) is 6.54 Å². The molecule has 3 unspecified atom stereocenters. The Morgan fingerprint density at radius 3 is 2.30 bits per heavy atom. The highest BCUT2D eigenvalue weighted by atomic mass is 16.6. The lowest BCUT2D eigenvalue weighted by molar-refractivity contribution is -0.143. The summed E-state index contributed by atoms with van der Waals surface area (Å²) >= 11 is 0. The van der Waals surface area contributed by atoms with E-state index in [4.69, 9.17) is 4.74 Å². The van der Waals surface area contributed by atoms with Gasteiger partial charge >= 0.3 is 12.1 Å². The Balaban J connectivity index is 2.78. The molecular weight excluding hydrogens is 354 g/mol. The number of carboxylic acid groups (broad SMARTS) is 1. The fraction of sp³-hybridized carbons (Fsp3) is 0.778. The average Bonchev–Trinajstić information content (AvgIpc) is 2.88. The van der Waals surface area contributed by atoms with E-state index in [0.717, 1.165) is 0 Å². The fourth-order valence-corrected chi connectivity index (χ4v) is 2.80. The molecule has 1 aliphatic rings. The van der Waals surface area contributed by atoms with Crippen LogP contribution in [0.15, 0.2) is 0 Å². The third kappa shape index (κ3) is 8.27. The maximum Gasteiger partial charge on any atom is 0.408 e. The number of aliphatic carboxylic acids is 1. The lowest BCUT2D eigenvalue weighted by Gasteiger charge is -2.25. The van der Waals surface area contributed by atoms with Crippen LogP contribution in [0.4, 0.5) is 4.79 Å². The van der Waals surface area contributed by atoms with Gasteiger partial charge in [-0.15, -0.1) is 0 Å². The van der Waals surface area contributed by atoms with Gasteiger partial charge in [0.1, 0.15) is 17.7 Å². The van der Waals surface area contributed by atoms with Gasteiger partial charge < -0.3 is 25.8 Å². The zero-order valence-electron chi connectivity index (χ0n) is 16.6. The molecule has 0 aromatic rings. The van der Waals surface area contributed by atoms with Crippen molar-refractivity contribution in [2.45, 2.75) is 71.6 Å². The van der Waals surface area contributed by atoms with E-state index in [9.17, 15) is 24.3 Å². The number of ether oxygens (including phenoxy) is 1. The highest BCUT2D eigenvalue weighted by Crippen LogP contribution is 2.17. The minimum Gasteiger partial charge on any atom is -0.480 e. The lowest BCUT2D eigenvalue weighted by Crippen LogP contribution is -2.53. The molecular formula is C18H31N3O6. The Morgan fingerprint density at radius 2 is 1.85 bits per heavy atom. The van der Waals surface area contributed by atoms with E-state index >= 15 is 0 Å². The summed E-state index contributed by atoms with van der Waals surface area (Å²) in [4.78, 5) is 47.8. The Labute approximate surface area is 159 Å². The van der Waals surface area contributed by atoms with Crippen LogP contribution in [0, 0.1) is 11.8 Å². The SMILES string of the molecule is CC(C)CC(NC(=O)OC(C)(C)C)C(=O)NC(CC1CCNC1=O)C(=O)O. The number of carbonyl (C=O) groups is 4. The molecule has 0 aromatic carbocycles. The van der Waals surface area contributed by atoms with Crippen LogP contribution >= 0.6 is 0 Å². The normalized spacial score (nSPS) is 19.2. The molecule has 4 N–H and O–H groups in total. The summed E-state index contributed by atoms with van der Waals surface area (Å²) in [5, 5.41) is 17.0. The van der Waals surface area contributed by atoms with Crippen molar-refractivity contribution in [3.63, 3.8) is 0 Å². The predicted molar refractivity (Wildman–Crippen MR) is 97.9 cm³/mol. The number of hydrogen-bond acceptors (Lipinski definition) is 5. The van der Waals surface area contributed by atoms with Gasteiger partial charge in [-0.25, -0.2) is 9.59 Å². The van der Waals surface area contributed by atoms with E-state index in [1.807, 2.05) is 13.8 Å². The van der Waals surface area contributed by atoms with E-state index < -0.39 is 41.6 Å². The number of alkyl carbamates (subject to hydrolysis) is 1.